The molecule has 0 aromatic carbocycles. The summed E-state index contributed by atoms with van der Waals surface area (Å²) in [6.45, 7) is 4.26. The number of rotatable bonds is 4. The molecular weight excluding hydrogens is 347 g/mol. The van der Waals surface area contributed by atoms with Crippen LogP contribution in [0.3, 0.4) is 0 Å². The summed E-state index contributed by atoms with van der Waals surface area (Å²) >= 11 is 0. The van der Waals surface area contributed by atoms with Crippen molar-refractivity contribution in [3.8, 4) is 0 Å². The van der Waals surface area contributed by atoms with E-state index in [2.05, 4.69) is 4.90 Å². The van der Waals surface area contributed by atoms with Crippen molar-refractivity contribution in [2.45, 2.75) is 32.5 Å². The first-order valence-corrected chi connectivity index (χ1v) is 8.11. The molecule has 0 radical (unpaired) electrons. The van der Waals surface area contributed by atoms with Gasteiger partial charge < -0.3 is 9.80 Å². The van der Waals surface area contributed by atoms with Gasteiger partial charge in [-0.1, -0.05) is 0 Å². The molecule has 140 valence electrons. The minimum Gasteiger partial charge on any atom is -0.336 e. The topological polar surface area (TPSA) is 43.9 Å². The molecule has 2 saturated heterocycles. The number of carbonyl (C=O) groups is 2. The lowest BCUT2D eigenvalue weighted by molar-refractivity contribution is -0.252. The predicted molar refractivity (Wildman–Crippen MR) is 85.9 cm³/mol. The lowest BCUT2D eigenvalue weighted by Gasteiger charge is -2.37. The third kappa shape index (κ3) is 5.89. The van der Waals surface area contributed by atoms with Crippen molar-refractivity contribution in [2.75, 3.05) is 45.8 Å². The zero-order chi connectivity index (χ0) is 17.0. The number of piperidine rings is 1. The molecule has 2 rings (SSSR count). The second-order valence-electron chi connectivity index (χ2n) is 6.38. The SMILES string of the molecule is CC(=O)C(=O)N1CCC(CCN2CCN(C(F)(F)F)CC2)CC1.Cl. The average molecular weight is 372 g/mol. The molecule has 2 aliphatic heterocycles. The van der Waals surface area contributed by atoms with Gasteiger partial charge in [-0.15, -0.1) is 12.4 Å². The molecule has 2 fully saturated rings. The van der Waals surface area contributed by atoms with E-state index in [4.69, 9.17) is 0 Å². The molecule has 24 heavy (non-hydrogen) atoms. The molecule has 0 saturated carbocycles. The van der Waals surface area contributed by atoms with Gasteiger partial charge in [-0.25, -0.2) is 4.90 Å². The maximum absolute atomic E-state index is 12.6. The van der Waals surface area contributed by atoms with E-state index in [-0.39, 0.29) is 25.5 Å². The van der Waals surface area contributed by atoms with Crippen molar-refractivity contribution >= 4 is 24.1 Å². The highest BCUT2D eigenvalue weighted by Crippen LogP contribution is 2.24. The number of hydrogen-bond donors (Lipinski definition) is 0. The van der Waals surface area contributed by atoms with Crippen LogP contribution in [-0.4, -0.2) is 78.5 Å². The van der Waals surface area contributed by atoms with Gasteiger partial charge in [-0.3, -0.25) is 9.59 Å². The fourth-order valence-electron chi connectivity index (χ4n) is 3.24. The van der Waals surface area contributed by atoms with Crippen LogP contribution in [0.2, 0.25) is 0 Å². The summed E-state index contributed by atoms with van der Waals surface area (Å²) in [5.41, 5.74) is 0. The first kappa shape index (κ1) is 21.2. The van der Waals surface area contributed by atoms with Crippen LogP contribution in [0.5, 0.6) is 0 Å². The molecule has 2 heterocycles. The van der Waals surface area contributed by atoms with Crippen molar-refractivity contribution in [3.63, 3.8) is 0 Å². The molecule has 1 amide bonds. The van der Waals surface area contributed by atoms with Gasteiger partial charge in [-0.2, -0.15) is 13.2 Å². The Morgan fingerprint density at radius 3 is 2.00 bits per heavy atom. The Bertz CT molecular complexity index is 432. The molecular formula is C15H25ClF3N3O2. The number of carbonyl (C=O) groups excluding carboxylic acids is 2. The second kappa shape index (κ2) is 9.01. The highest BCUT2D eigenvalue weighted by Gasteiger charge is 2.38. The first-order valence-electron chi connectivity index (χ1n) is 8.11. The number of piperazine rings is 1. The van der Waals surface area contributed by atoms with Gasteiger partial charge >= 0.3 is 6.30 Å². The minimum absolute atomic E-state index is 0. The Morgan fingerprint density at radius 2 is 1.54 bits per heavy atom. The van der Waals surface area contributed by atoms with Gasteiger partial charge in [0.15, 0.2) is 0 Å². The largest absolute Gasteiger partial charge is 0.460 e. The van der Waals surface area contributed by atoms with Gasteiger partial charge in [0, 0.05) is 46.2 Å². The van der Waals surface area contributed by atoms with Gasteiger partial charge in [0.1, 0.15) is 0 Å². The quantitative estimate of drug-likeness (QED) is 0.558. The van der Waals surface area contributed by atoms with Crippen LogP contribution >= 0.6 is 12.4 Å². The zero-order valence-corrected chi connectivity index (χ0v) is 14.7. The Balaban J connectivity index is 0.00000288. The maximum Gasteiger partial charge on any atom is 0.460 e. The molecule has 0 unspecified atom stereocenters. The van der Waals surface area contributed by atoms with Crippen molar-refractivity contribution in [2.24, 2.45) is 5.92 Å². The van der Waals surface area contributed by atoms with Crippen molar-refractivity contribution in [1.29, 1.82) is 0 Å². The smallest absolute Gasteiger partial charge is 0.336 e. The summed E-state index contributed by atoms with van der Waals surface area (Å²) in [5.74, 6) is -0.357. The molecule has 0 aliphatic carbocycles. The van der Waals surface area contributed by atoms with Crippen molar-refractivity contribution in [3.05, 3.63) is 0 Å². The molecule has 0 bridgehead atoms. The van der Waals surface area contributed by atoms with E-state index >= 15 is 0 Å². The lowest BCUT2D eigenvalue weighted by atomic mass is 9.93. The Hall–Kier alpha value is -0.860. The first-order chi connectivity index (χ1) is 10.8. The number of alkyl halides is 3. The highest BCUT2D eigenvalue weighted by molar-refractivity contribution is 6.35. The Labute approximate surface area is 146 Å². The summed E-state index contributed by atoms with van der Waals surface area (Å²) in [5, 5.41) is 0. The van der Waals surface area contributed by atoms with Crippen LogP contribution in [0.25, 0.3) is 0 Å². The third-order valence-corrected chi connectivity index (χ3v) is 4.79. The van der Waals surface area contributed by atoms with Gasteiger partial charge in [-0.05, 0) is 31.7 Å². The van der Waals surface area contributed by atoms with Crippen LogP contribution in [-0.2, 0) is 9.59 Å². The van der Waals surface area contributed by atoms with E-state index in [9.17, 15) is 22.8 Å². The number of amides is 1. The molecule has 5 nitrogen and oxygen atoms in total. The van der Waals surface area contributed by atoms with E-state index < -0.39 is 18.0 Å². The number of halogens is 4. The normalized spacial score (nSPS) is 21.4. The fraction of sp³-hybridized carbons (Fsp3) is 0.867. The molecule has 2 aliphatic rings. The maximum atomic E-state index is 12.6. The van der Waals surface area contributed by atoms with Crippen LogP contribution in [0.4, 0.5) is 13.2 Å². The summed E-state index contributed by atoms with van der Waals surface area (Å²) in [4.78, 5) is 26.9. The van der Waals surface area contributed by atoms with Gasteiger partial charge in [0.05, 0.1) is 0 Å². The summed E-state index contributed by atoms with van der Waals surface area (Å²) < 4.78 is 37.7. The lowest BCUT2D eigenvalue weighted by Crippen LogP contribution is -2.52. The van der Waals surface area contributed by atoms with Crippen LogP contribution in [0, 0.1) is 5.92 Å². The molecule has 0 spiro atoms. The van der Waals surface area contributed by atoms with Crippen LogP contribution in [0.15, 0.2) is 0 Å². The number of ketones is 1. The second-order valence-corrected chi connectivity index (χ2v) is 6.38. The molecule has 0 aromatic rings. The summed E-state index contributed by atoms with van der Waals surface area (Å²) in [7, 11) is 0. The fourth-order valence-corrected chi connectivity index (χ4v) is 3.24. The predicted octanol–water partition coefficient (Wildman–Crippen LogP) is 1.76. The molecule has 9 heteroatoms. The monoisotopic (exact) mass is 371 g/mol. The third-order valence-electron chi connectivity index (χ3n) is 4.79. The number of nitrogens with zero attached hydrogens (tertiary/aromatic N) is 3. The standard InChI is InChI=1S/C15H24F3N3O2.ClH/c1-12(22)14(23)20-6-3-13(4-7-20)2-5-19-8-10-21(11-9-19)15(16,17)18;/h13H,2-11H2,1H3;1H. The Morgan fingerprint density at radius 1 is 1.00 bits per heavy atom. The summed E-state index contributed by atoms with van der Waals surface area (Å²) in [6, 6.07) is 0. The van der Waals surface area contributed by atoms with E-state index in [1.54, 1.807) is 4.90 Å². The van der Waals surface area contributed by atoms with Crippen LogP contribution in [0.1, 0.15) is 26.2 Å². The minimum atomic E-state index is -4.22. The number of hydrogen-bond acceptors (Lipinski definition) is 4. The average Bonchev–Trinajstić information content (AvgIpc) is 2.52. The molecule has 0 N–H and O–H groups in total. The van der Waals surface area contributed by atoms with E-state index in [1.165, 1.54) is 6.92 Å². The van der Waals surface area contributed by atoms with E-state index in [1.807, 2.05) is 0 Å². The van der Waals surface area contributed by atoms with Gasteiger partial charge in [0.25, 0.3) is 5.91 Å². The number of likely N-dealkylation sites (tertiary alicyclic amines) is 1. The molecule has 0 aromatic heterocycles. The van der Waals surface area contributed by atoms with E-state index in [0.29, 0.717) is 37.0 Å². The Kier molecular flexibility index (Phi) is 7.95. The summed E-state index contributed by atoms with van der Waals surface area (Å²) in [6.07, 6.45) is -1.56. The van der Waals surface area contributed by atoms with Crippen LogP contribution < -0.4 is 0 Å². The number of Topliss-reactive ketones (excluding diaryl/α,β-unsaturated/α-hetero) is 1. The zero-order valence-electron chi connectivity index (χ0n) is 13.8. The highest BCUT2D eigenvalue weighted by atomic mass is 35.5. The molecule has 0 atom stereocenters. The van der Waals surface area contributed by atoms with Crippen molar-refractivity contribution in [1.82, 2.24) is 14.7 Å². The van der Waals surface area contributed by atoms with Crippen molar-refractivity contribution < 1.29 is 22.8 Å². The van der Waals surface area contributed by atoms with Gasteiger partial charge in [0.2, 0.25) is 5.78 Å². The van der Waals surface area contributed by atoms with E-state index in [0.717, 1.165) is 25.8 Å².